The Morgan fingerprint density at radius 3 is 2.89 bits per heavy atom. The molecule has 0 aliphatic carbocycles. The van der Waals surface area contributed by atoms with Crippen molar-refractivity contribution in [3.05, 3.63) is 66.4 Å². The first-order chi connectivity index (χ1) is 16.8. The standard InChI is InChI=1S/C23H22FN7O3S/c1-35(33,34)20-10-15(6-7-18(20)24)29-23(32)25-9-8-14-12-31(19-5-3-2-4-16(14)19)22-17-11-28-30-21(17)26-13-27-22/h2-7,10-11,13-14H,8-9,12H2,1H3,(H2,25,29,32)(H,26,27,28,30). The van der Waals surface area contributed by atoms with E-state index < -0.39 is 26.6 Å². The third-order valence-electron chi connectivity index (χ3n) is 5.92. The minimum atomic E-state index is -3.75. The first-order valence-electron chi connectivity index (χ1n) is 10.9. The van der Waals surface area contributed by atoms with Crippen molar-refractivity contribution in [3.63, 3.8) is 0 Å². The summed E-state index contributed by atoms with van der Waals surface area (Å²) in [5.74, 6) is 0.0489. The molecule has 0 saturated heterocycles. The molecular formula is C23H22FN7O3S. The van der Waals surface area contributed by atoms with Gasteiger partial charge in [0.15, 0.2) is 15.5 Å². The molecule has 10 nitrogen and oxygen atoms in total. The van der Waals surface area contributed by atoms with Gasteiger partial charge in [-0.25, -0.2) is 27.6 Å². The molecule has 3 N–H and O–H groups in total. The van der Waals surface area contributed by atoms with E-state index in [4.69, 9.17) is 0 Å². The van der Waals surface area contributed by atoms with Gasteiger partial charge in [-0.2, -0.15) is 5.10 Å². The molecule has 1 aliphatic rings. The average molecular weight is 496 g/mol. The Hall–Kier alpha value is -4.06. The van der Waals surface area contributed by atoms with Crippen LogP contribution in [0.25, 0.3) is 11.0 Å². The number of hydrogen-bond donors (Lipinski definition) is 3. The molecule has 0 bridgehead atoms. The third-order valence-corrected chi connectivity index (χ3v) is 7.03. The highest BCUT2D eigenvalue weighted by Crippen LogP contribution is 2.42. The Balaban J connectivity index is 1.25. The van der Waals surface area contributed by atoms with Crippen LogP contribution in [0, 0.1) is 5.82 Å². The molecule has 0 saturated carbocycles. The van der Waals surface area contributed by atoms with Crippen LogP contribution in [0.2, 0.25) is 0 Å². The molecule has 0 spiro atoms. The largest absolute Gasteiger partial charge is 0.338 e. The average Bonchev–Trinajstić information content (AvgIpc) is 3.45. The monoisotopic (exact) mass is 495 g/mol. The second kappa shape index (κ2) is 8.95. The quantitative estimate of drug-likeness (QED) is 0.374. The zero-order valence-electron chi connectivity index (χ0n) is 18.7. The number of nitrogens with one attached hydrogen (secondary N) is 3. The molecule has 3 heterocycles. The SMILES string of the molecule is CS(=O)(=O)c1cc(NC(=O)NCCC2CN(c3ncnc4[nH]ncc34)c3ccccc32)ccc1F. The van der Waals surface area contributed by atoms with E-state index in [2.05, 4.69) is 41.8 Å². The number of aromatic nitrogens is 4. The topological polar surface area (TPSA) is 133 Å². The first-order valence-corrected chi connectivity index (χ1v) is 12.8. The number of rotatable bonds is 6. The number of hydrogen-bond acceptors (Lipinski definition) is 7. The van der Waals surface area contributed by atoms with Crippen LogP contribution >= 0.6 is 0 Å². The van der Waals surface area contributed by atoms with Gasteiger partial charge in [0.1, 0.15) is 22.9 Å². The molecule has 2 amide bonds. The van der Waals surface area contributed by atoms with Crippen LogP contribution in [0.15, 0.2) is 59.9 Å². The fraction of sp³-hybridized carbons (Fsp3) is 0.217. The minimum Gasteiger partial charge on any atom is -0.338 e. The van der Waals surface area contributed by atoms with Crippen LogP contribution in [0.1, 0.15) is 17.9 Å². The zero-order chi connectivity index (χ0) is 24.6. The number of halogens is 1. The summed E-state index contributed by atoms with van der Waals surface area (Å²) < 4.78 is 37.2. The molecule has 1 unspecified atom stereocenters. The number of benzene rings is 2. The van der Waals surface area contributed by atoms with Crippen LogP contribution < -0.4 is 15.5 Å². The molecule has 0 radical (unpaired) electrons. The smallest absolute Gasteiger partial charge is 0.319 e. The lowest BCUT2D eigenvalue weighted by Gasteiger charge is -2.19. The van der Waals surface area contributed by atoms with Crippen molar-refractivity contribution in [2.75, 3.05) is 29.6 Å². The van der Waals surface area contributed by atoms with E-state index in [9.17, 15) is 17.6 Å². The molecule has 4 aromatic rings. The van der Waals surface area contributed by atoms with E-state index in [-0.39, 0.29) is 11.6 Å². The number of fused-ring (bicyclic) bond motifs is 2. The van der Waals surface area contributed by atoms with E-state index in [1.807, 2.05) is 18.2 Å². The van der Waals surface area contributed by atoms with Crippen LogP contribution in [-0.2, 0) is 9.84 Å². The number of sulfone groups is 1. The second-order valence-electron chi connectivity index (χ2n) is 8.28. The van der Waals surface area contributed by atoms with Crippen LogP contribution in [0.3, 0.4) is 0 Å². The van der Waals surface area contributed by atoms with E-state index >= 15 is 0 Å². The third kappa shape index (κ3) is 4.52. The predicted molar refractivity (Wildman–Crippen MR) is 129 cm³/mol. The number of nitrogens with zero attached hydrogens (tertiary/aromatic N) is 4. The molecule has 2 aromatic carbocycles. The molecule has 5 rings (SSSR count). The Kier molecular flexibility index (Phi) is 5.81. The lowest BCUT2D eigenvalue weighted by atomic mass is 9.98. The molecule has 1 aliphatic heterocycles. The highest BCUT2D eigenvalue weighted by Gasteiger charge is 2.31. The van der Waals surface area contributed by atoms with Gasteiger partial charge < -0.3 is 15.5 Å². The highest BCUT2D eigenvalue weighted by molar-refractivity contribution is 7.90. The number of aromatic amines is 1. The van der Waals surface area contributed by atoms with Crippen molar-refractivity contribution >= 4 is 44.1 Å². The fourth-order valence-electron chi connectivity index (χ4n) is 4.31. The summed E-state index contributed by atoms with van der Waals surface area (Å²) in [5, 5.41) is 13.1. The summed E-state index contributed by atoms with van der Waals surface area (Å²) in [6.07, 6.45) is 4.79. The molecule has 1 atom stereocenters. The Morgan fingerprint density at radius 1 is 1.23 bits per heavy atom. The fourth-order valence-corrected chi connectivity index (χ4v) is 5.07. The van der Waals surface area contributed by atoms with Crippen molar-refractivity contribution < 1.29 is 17.6 Å². The number of urea groups is 1. The van der Waals surface area contributed by atoms with Gasteiger partial charge >= 0.3 is 6.03 Å². The molecule has 180 valence electrons. The van der Waals surface area contributed by atoms with Gasteiger partial charge in [-0.1, -0.05) is 18.2 Å². The normalized spacial score (nSPS) is 15.3. The summed E-state index contributed by atoms with van der Waals surface area (Å²) >= 11 is 0. The lowest BCUT2D eigenvalue weighted by molar-refractivity contribution is 0.251. The van der Waals surface area contributed by atoms with E-state index in [0.29, 0.717) is 25.2 Å². The van der Waals surface area contributed by atoms with Gasteiger partial charge in [0.25, 0.3) is 0 Å². The number of H-pyrrole nitrogens is 1. The molecule has 0 fully saturated rings. The zero-order valence-corrected chi connectivity index (χ0v) is 19.5. The van der Waals surface area contributed by atoms with Gasteiger partial charge in [-0.3, -0.25) is 5.10 Å². The summed E-state index contributed by atoms with van der Waals surface area (Å²) in [4.78, 5) is 22.7. The minimum absolute atomic E-state index is 0.145. The van der Waals surface area contributed by atoms with Gasteiger partial charge in [-0.15, -0.1) is 0 Å². The number of carbonyl (C=O) groups is 1. The number of anilines is 3. The van der Waals surface area contributed by atoms with Crippen molar-refractivity contribution in [1.29, 1.82) is 0 Å². The molecular weight excluding hydrogens is 473 g/mol. The number of para-hydroxylation sites is 1. The number of amides is 2. The molecule has 35 heavy (non-hydrogen) atoms. The van der Waals surface area contributed by atoms with Crippen molar-refractivity contribution in [3.8, 4) is 0 Å². The van der Waals surface area contributed by atoms with Gasteiger partial charge in [0.05, 0.1) is 11.6 Å². The Labute approximate surface area is 200 Å². The van der Waals surface area contributed by atoms with Crippen LogP contribution in [-0.4, -0.2) is 54.0 Å². The van der Waals surface area contributed by atoms with E-state index in [0.717, 1.165) is 40.8 Å². The molecule has 12 heteroatoms. The van der Waals surface area contributed by atoms with Crippen molar-refractivity contribution in [2.45, 2.75) is 17.2 Å². The van der Waals surface area contributed by atoms with Crippen LogP contribution in [0.5, 0.6) is 0 Å². The Bertz CT molecular complexity index is 1520. The van der Waals surface area contributed by atoms with Crippen LogP contribution in [0.4, 0.5) is 26.4 Å². The van der Waals surface area contributed by atoms with Gasteiger partial charge in [0.2, 0.25) is 0 Å². The molecule has 2 aromatic heterocycles. The van der Waals surface area contributed by atoms with Crippen molar-refractivity contribution in [1.82, 2.24) is 25.5 Å². The van der Waals surface area contributed by atoms with E-state index in [1.165, 1.54) is 12.4 Å². The highest BCUT2D eigenvalue weighted by atomic mass is 32.2. The number of carbonyl (C=O) groups excluding carboxylic acids is 1. The van der Waals surface area contributed by atoms with Crippen molar-refractivity contribution in [2.24, 2.45) is 0 Å². The Morgan fingerprint density at radius 2 is 2.06 bits per heavy atom. The van der Waals surface area contributed by atoms with Gasteiger partial charge in [-0.05, 0) is 36.2 Å². The summed E-state index contributed by atoms with van der Waals surface area (Å²) in [5.41, 5.74) is 3.05. The first kappa shape index (κ1) is 22.7. The summed E-state index contributed by atoms with van der Waals surface area (Å²) in [7, 11) is -3.75. The van der Waals surface area contributed by atoms with E-state index in [1.54, 1.807) is 6.20 Å². The predicted octanol–water partition coefficient (Wildman–Crippen LogP) is 3.34. The summed E-state index contributed by atoms with van der Waals surface area (Å²) in [6, 6.07) is 11.0. The maximum atomic E-state index is 13.8. The lowest BCUT2D eigenvalue weighted by Crippen LogP contribution is -2.30. The van der Waals surface area contributed by atoms with Gasteiger partial charge in [0, 0.05) is 36.6 Å². The second-order valence-corrected chi connectivity index (χ2v) is 10.3. The maximum absolute atomic E-state index is 13.8. The maximum Gasteiger partial charge on any atom is 0.319 e. The summed E-state index contributed by atoms with van der Waals surface area (Å²) in [6.45, 7) is 1.05.